The second-order valence-electron chi connectivity index (χ2n) is 5.78. The number of amides is 1. The van der Waals surface area contributed by atoms with Crippen LogP contribution in [-0.2, 0) is 0 Å². The Kier molecular flexibility index (Phi) is 5.12. The van der Waals surface area contributed by atoms with Gasteiger partial charge in [-0.2, -0.15) is 0 Å². The van der Waals surface area contributed by atoms with Crippen molar-refractivity contribution in [1.29, 1.82) is 0 Å². The summed E-state index contributed by atoms with van der Waals surface area (Å²) in [6.07, 6.45) is 5.01. The normalized spacial score (nSPS) is 22.2. The van der Waals surface area contributed by atoms with Gasteiger partial charge in [0.25, 0.3) is 5.91 Å². The lowest BCUT2D eigenvalue weighted by molar-refractivity contribution is 0.0942. The minimum Gasteiger partial charge on any atom is -0.389 e. The van der Waals surface area contributed by atoms with E-state index >= 15 is 0 Å². The Morgan fingerprint density at radius 2 is 1.75 bits per heavy atom. The van der Waals surface area contributed by atoms with Crippen LogP contribution >= 0.6 is 12.2 Å². The fourth-order valence-electron chi connectivity index (χ4n) is 2.66. The molecule has 0 aromatic heterocycles. The number of hydrogen-bond donors (Lipinski definition) is 2. The highest BCUT2D eigenvalue weighted by Gasteiger charge is 2.18. The number of benzene rings is 1. The lowest BCUT2D eigenvalue weighted by atomic mass is 9.83. The van der Waals surface area contributed by atoms with E-state index < -0.39 is 0 Å². The molecule has 2 rings (SSSR count). The zero-order valence-corrected chi connectivity index (χ0v) is 12.7. The molecule has 0 aliphatic heterocycles. The summed E-state index contributed by atoms with van der Waals surface area (Å²) in [4.78, 5) is 12.4. The predicted molar refractivity (Wildman–Crippen MR) is 85.8 cm³/mol. The van der Waals surface area contributed by atoms with Crippen LogP contribution in [0, 0.1) is 11.8 Å². The maximum absolute atomic E-state index is 12.1. The van der Waals surface area contributed by atoms with E-state index in [1.54, 1.807) is 24.3 Å². The average Bonchev–Trinajstić information content (AvgIpc) is 2.46. The average molecular weight is 290 g/mol. The highest BCUT2D eigenvalue weighted by atomic mass is 32.1. The summed E-state index contributed by atoms with van der Waals surface area (Å²) in [5.74, 6) is 1.46. The highest BCUT2D eigenvalue weighted by Crippen LogP contribution is 2.27. The van der Waals surface area contributed by atoms with E-state index in [1.165, 1.54) is 25.7 Å². The molecule has 20 heavy (non-hydrogen) atoms. The highest BCUT2D eigenvalue weighted by molar-refractivity contribution is 7.80. The molecule has 1 saturated carbocycles. The first kappa shape index (κ1) is 15.0. The zero-order chi connectivity index (χ0) is 14.5. The molecular formula is C16H22N2OS. The van der Waals surface area contributed by atoms with Gasteiger partial charge < -0.3 is 11.1 Å². The van der Waals surface area contributed by atoms with E-state index in [-0.39, 0.29) is 5.91 Å². The molecule has 4 heteroatoms. The van der Waals surface area contributed by atoms with E-state index in [0.717, 1.165) is 18.0 Å². The van der Waals surface area contributed by atoms with E-state index in [1.807, 2.05) is 0 Å². The van der Waals surface area contributed by atoms with Gasteiger partial charge in [0.05, 0.1) is 0 Å². The molecule has 0 bridgehead atoms. The van der Waals surface area contributed by atoms with E-state index in [9.17, 15) is 4.79 Å². The van der Waals surface area contributed by atoms with Crippen molar-refractivity contribution < 1.29 is 4.79 Å². The smallest absolute Gasteiger partial charge is 0.251 e. The van der Waals surface area contributed by atoms with Crippen LogP contribution in [0.5, 0.6) is 0 Å². The van der Waals surface area contributed by atoms with Crippen LogP contribution in [0.15, 0.2) is 24.3 Å². The first-order valence-corrected chi connectivity index (χ1v) is 7.65. The third kappa shape index (κ3) is 4.04. The summed E-state index contributed by atoms with van der Waals surface area (Å²) in [6.45, 7) is 3.08. The number of carbonyl (C=O) groups is 1. The SMILES string of the molecule is CC1CCC(CNC(=O)c2ccc(C(N)=S)cc2)CC1. The lowest BCUT2D eigenvalue weighted by Crippen LogP contribution is -2.31. The Bertz CT molecular complexity index is 476. The Balaban J connectivity index is 1.84. The lowest BCUT2D eigenvalue weighted by Gasteiger charge is -2.26. The van der Waals surface area contributed by atoms with Crippen molar-refractivity contribution in [2.75, 3.05) is 6.54 Å². The van der Waals surface area contributed by atoms with E-state index in [4.69, 9.17) is 18.0 Å². The first-order chi connectivity index (χ1) is 9.56. The monoisotopic (exact) mass is 290 g/mol. The van der Waals surface area contributed by atoms with E-state index in [2.05, 4.69) is 12.2 Å². The predicted octanol–water partition coefficient (Wildman–Crippen LogP) is 2.88. The first-order valence-electron chi connectivity index (χ1n) is 7.24. The number of hydrogen-bond acceptors (Lipinski definition) is 2. The number of rotatable bonds is 4. The number of nitrogens with one attached hydrogen (secondary N) is 1. The third-order valence-electron chi connectivity index (χ3n) is 4.12. The van der Waals surface area contributed by atoms with Crippen molar-refractivity contribution in [2.45, 2.75) is 32.6 Å². The largest absolute Gasteiger partial charge is 0.389 e. The molecule has 3 nitrogen and oxygen atoms in total. The molecule has 1 amide bonds. The molecule has 0 heterocycles. The minimum absolute atomic E-state index is 0.0156. The summed E-state index contributed by atoms with van der Waals surface area (Å²) in [7, 11) is 0. The summed E-state index contributed by atoms with van der Waals surface area (Å²) in [6, 6.07) is 7.12. The van der Waals surface area contributed by atoms with Gasteiger partial charge in [0.1, 0.15) is 4.99 Å². The van der Waals surface area contributed by atoms with Crippen molar-refractivity contribution in [3.05, 3.63) is 35.4 Å². The van der Waals surface area contributed by atoms with Crippen molar-refractivity contribution in [2.24, 2.45) is 17.6 Å². The second-order valence-corrected chi connectivity index (χ2v) is 6.22. The molecule has 3 N–H and O–H groups in total. The van der Waals surface area contributed by atoms with Crippen molar-refractivity contribution in [3.63, 3.8) is 0 Å². The summed E-state index contributed by atoms with van der Waals surface area (Å²) >= 11 is 4.89. The molecular weight excluding hydrogens is 268 g/mol. The molecule has 108 valence electrons. The number of nitrogens with two attached hydrogens (primary N) is 1. The summed E-state index contributed by atoms with van der Waals surface area (Å²) in [5, 5.41) is 3.03. The number of thiocarbonyl (C=S) groups is 1. The summed E-state index contributed by atoms with van der Waals surface area (Å²) in [5.41, 5.74) is 6.99. The Hall–Kier alpha value is -1.42. The molecule has 0 saturated heterocycles. The van der Waals surface area contributed by atoms with Gasteiger partial charge in [0.2, 0.25) is 0 Å². The fourth-order valence-corrected chi connectivity index (χ4v) is 2.79. The molecule has 1 aliphatic rings. The Morgan fingerprint density at radius 3 is 2.30 bits per heavy atom. The molecule has 0 unspecified atom stereocenters. The van der Waals surface area contributed by atoms with Gasteiger partial charge in [-0.05, 0) is 36.8 Å². The fraction of sp³-hybridized carbons (Fsp3) is 0.500. The van der Waals surface area contributed by atoms with Crippen LogP contribution < -0.4 is 11.1 Å². The third-order valence-corrected chi connectivity index (χ3v) is 4.35. The van der Waals surface area contributed by atoms with Crippen LogP contribution in [-0.4, -0.2) is 17.4 Å². The van der Waals surface area contributed by atoms with Gasteiger partial charge in [0, 0.05) is 17.7 Å². The molecule has 0 spiro atoms. The van der Waals surface area contributed by atoms with Gasteiger partial charge in [-0.25, -0.2) is 0 Å². The minimum atomic E-state index is -0.0156. The molecule has 0 radical (unpaired) electrons. The molecule has 1 fully saturated rings. The second kappa shape index (κ2) is 6.84. The van der Waals surface area contributed by atoms with Gasteiger partial charge in [0.15, 0.2) is 0 Å². The maximum Gasteiger partial charge on any atom is 0.251 e. The molecule has 1 aromatic carbocycles. The maximum atomic E-state index is 12.1. The van der Waals surface area contributed by atoms with Crippen molar-refractivity contribution in [3.8, 4) is 0 Å². The zero-order valence-electron chi connectivity index (χ0n) is 11.9. The van der Waals surface area contributed by atoms with Gasteiger partial charge in [-0.3, -0.25) is 4.79 Å². The van der Waals surface area contributed by atoms with Gasteiger partial charge >= 0.3 is 0 Å². The quantitative estimate of drug-likeness (QED) is 0.838. The summed E-state index contributed by atoms with van der Waals surface area (Å²) < 4.78 is 0. The van der Waals surface area contributed by atoms with Crippen LogP contribution in [0.2, 0.25) is 0 Å². The topological polar surface area (TPSA) is 55.1 Å². The molecule has 1 aromatic rings. The van der Waals surface area contributed by atoms with Gasteiger partial charge in [-0.15, -0.1) is 0 Å². The Morgan fingerprint density at radius 1 is 1.20 bits per heavy atom. The Labute approximate surface area is 125 Å². The van der Waals surface area contributed by atoms with Crippen LogP contribution in [0.3, 0.4) is 0 Å². The van der Waals surface area contributed by atoms with Crippen LogP contribution in [0.4, 0.5) is 0 Å². The van der Waals surface area contributed by atoms with Crippen molar-refractivity contribution >= 4 is 23.1 Å². The van der Waals surface area contributed by atoms with Gasteiger partial charge in [-0.1, -0.05) is 44.1 Å². The van der Waals surface area contributed by atoms with Crippen LogP contribution in [0.25, 0.3) is 0 Å². The standard InChI is InChI=1S/C16H22N2OS/c1-11-2-4-12(5-3-11)10-18-16(19)14-8-6-13(7-9-14)15(17)20/h6-9,11-12H,2-5,10H2,1H3,(H2,17,20)(H,18,19). The molecule has 1 aliphatic carbocycles. The molecule has 0 atom stereocenters. The van der Waals surface area contributed by atoms with Crippen LogP contribution in [0.1, 0.15) is 48.5 Å². The van der Waals surface area contributed by atoms with Crippen molar-refractivity contribution in [1.82, 2.24) is 5.32 Å². The van der Waals surface area contributed by atoms with E-state index in [0.29, 0.717) is 16.5 Å². The number of carbonyl (C=O) groups excluding carboxylic acids is 1.